The van der Waals surface area contributed by atoms with E-state index in [9.17, 15) is 4.39 Å². The summed E-state index contributed by atoms with van der Waals surface area (Å²) < 4.78 is 18.6. The Bertz CT molecular complexity index is 610. The van der Waals surface area contributed by atoms with Crippen molar-refractivity contribution in [3.05, 3.63) is 34.6 Å². The fourth-order valence-electron chi connectivity index (χ4n) is 2.14. The Kier molecular flexibility index (Phi) is 5.31. The Morgan fingerprint density at radius 2 is 2.14 bits per heavy atom. The molecule has 0 bridgehead atoms. The first-order valence-electron chi connectivity index (χ1n) is 7.02. The normalized spacial score (nSPS) is 11.1. The molecule has 1 N–H and O–H groups in total. The van der Waals surface area contributed by atoms with Crippen LogP contribution in [-0.4, -0.2) is 19.1 Å². The van der Waals surface area contributed by atoms with Gasteiger partial charge >= 0.3 is 0 Å². The maximum atomic E-state index is 13.5. The summed E-state index contributed by atoms with van der Waals surface area (Å²) in [7, 11) is 3.40. The highest BCUT2D eigenvalue weighted by molar-refractivity contribution is 7.15. The molecular weight excluding hydrogens is 287 g/mol. The van der Waals surface area contributed by atoms with Crippen molar-refractivity contribution in [1.29, 1.82) is 0 Å². The molecule has 0 aliphatic heterocycles. The predicted octanol–water partition coefficient (Wildman–Crippen LogP) is 3.88. The van der Waals surface area contributed by atoms with E-state index in [1.54, 1.807) is 23.5 Å². The first kappa shape index (κ1) is 15.9. The summed E-state index contributed by atoms with van der Waals surface area (Å²) in [6, 6.07) is 4.88. The van der Waals surface area contributed by atoms with Crippen LogP contribution in [0.4, 0.5) is 4.39 Å². The van der Waals surface area contributed by atoms with Crippen LogP contribution in [0.1, 0.15) is 24.4 Å². The minimum Gasteiger partial charge on any atom is -0.494 e. The molecule has 114 valence electrons. The van der Waals surface area contributed by atoms with Crippen LogP contribution in [0.25, 0.3) is 10.6 Å². The number of rotatable bonds is 6. The zero-order chi connectivity index (χ0) is 15.4. The molecule has 1 aromatic carbocycles. The molecule has 0 radical (unpaired) electrons. The molecule has 0 atom stereocenters. The molecule has 0 saturated heterocycles. The molecule has 0 aliphatic carbocycles. The highest BCUT2D eigenvalue weighted by atomic mass is 32.1. The van der Waals surface area contributed by atoms with Gasteiger partial charge in [-0.15, -0.1) is 11.3 Å². The summed E-state index contributed by atoms with van der Waals surface area (Å²) in [6.45, 7) is 5.17. The van der Waals surface area contributed by atoms with Crippen molar-refractivity contribution >= 4 is 11.3 Å². The lowest BCUT2D eigenvalue weighted by Crippen LogP contribution is -2.07. The minimum absolute atomic E-state index is 0.253. The Morgan fingerprint density at radius 1 is 1.38 bits per heavy atom. The van der Waals surface area contributed by atoms with Gasteiger partial charge < -0.3 is 10.1 Å². The molecule has 0 spiro atoms. The van der Waals surface area contributed by atoms with Crippen LogP contribution in [0.2, 0.25) is 0 Å². The molecule has 0 saturated carbocycles. The number of aromatic nitrogens is 1. The number of benzene rings is 1. The van der Waals surface area contributed by atoms with Gasteiger partial charge in [0.2, 0.25) is 0 Å². The van der Waals surface area contributed by atoms with Crippen molar-refractivity contribution in [2.24, 2.45) is 5.92 Å². The van der Waals surface area contributed by atoms with Crippen LogP contribution in [0, 0.1) is 11.7 Å². The van der Waals surface area contributed by atoms with Crippen molar-refractivity contribution in [3.63, 3.8) is 0 Å². The first-order valence-corrected chi connectivity index (χ1v) is 7.83. The highest BCUT2D eigenvalue weighted by Gasteiger charge is 2.14. The Labute approximate surface area is 129 Å². The lowest BCUT2D eigenvalue weighted by atomic mass is 10.1. The van der Waals surface area contributed by atoms with E-state index in [2.05, 4.69) is 19.2 Å². The zero-order valence-corrected chi connectivity index (χ0v) is 13.7. The topological polar surface area (TPSA) is 34.1 Å². The molecule has 21 heavy (non-hydrogen) atoms. The van der Waals surface area contributed by atoms with E-state index in [1.807, 2.05) is 7.05 Å². The van der Waals surface area contributed by atoms with Crippen LogP contribution < -0.4 is 10.1 Å². The SMILES string of the molecule is CNCc1sc(-c2ccc(F)c(OC)c2)nc1CC(C)C. The van der Waals surface area contributed by atoms with Crippen LogP contribution >= 0.6 is 11.3 Å². The number of methoxy groups -OCH3 is 1. The minimum atomic E-state index is -0.351. The van der Waals surface area contributed by atoms with Gasteiger partial charge in [0.05, 0.1) is 12.8 Å². The number of ether oxygens (including phenoxy) is 1. The van der Waals surface area contributed by atoms with E-state index in [0.29, 0.717) is 5.92 Å². The monoisotopic (exact) mass is 308 g/mol. The summed E-state index contributed by atoms with van der Waals surface area (Å²) in [5.74, 6) is 0.456. The smallest absolute Gasteiger partial charge is 0.165 e. The molecule has 0 aliphatic rings. The lowest BCUT2D eigenvalue weighted by Gasteiger charge is -2.04. The number of halogens is 1. The Balaban J connectivity index is 2.39. The molecule has 1 heterocycles. The summed E-state index contributed by atoms with van der Waals surface area (Å²) in [5, 5.41) is 4.09. The van der Waals surface area contributed by atoms with E-state index in [0.717, 1.165) is 29.2 Å². The van der Waals surface area contributed by atoms with Crippen LogP contribution in [0.3, 0.4) is 0 Å². The van der Waals surface area contributed by atoms with E-state index in [1.165, 1.54) is 18.1 Å². The summed E-state index contributed by atoms with van der Waals surface area (Å²) in [4.78, 5) is 5.99. The van der Waals surface area contributed by atoms with Crippen LogP contribution in [0.15, 0.2) is 18.2 Å². The summed E-state index contributed by atoms with van der Waals surface area (Å²) in [5.41, 5.74) is 2.02. The summed E-state index contributed by atoms with van der Waals surface area (Å²) >= 11 is 1.65. The lowest BCUT2D eigenvalue weighted by molar-refractivity contribution is 0.387. The van der Waals surface area contributed by atoms with Gasteiger partial charge in [-0.1, -0.05) is 13.8 Å². The van der Waals surface area contributed by atoms with Crippen molar-refractivity contribution in [2.45, 2.75) is 26.8 Å². The average Bonchev–Trinajstić information content (AvgIpc) is 2.82. The van der Waals surface area contributed by atoms with E-state index in [4.69, 9.17) is 9.72 Å². The maximum absolute atomic E-state index is 13.5. The molecule has 2 aromatic rings. The number of hydrogen-bond acceptors (Lipinski definition) is 4. The van der Waals surface area contributed by atoms with Crippen LogP contribution in [-0.2, 0) is 13.0 Å². The number of nitrogens with one attached hydrogen (secondary N) is 1. The van der Waals surface area contributed by atoms with Crippen molar-refractivity contribution in [3.8, 4) is 16.3 Å². The molecule has 0 unspecified atom stereocenters. The average molecular weight is 308 g/mol. The largest absolute Gasteiger partial charge is 0.494 e. The van der Waals surface area contributed by atoms with Gasteiger partial charge in [0.1, 0.15) is 5.01 Å². The predicted molar refractivity (Wildman–Crippen MR) is 85.4 cm³/mol. The molecule has 3 nitrogen and oxygen atoms in total. The number of hydrogen-bond donors (Lipinski definition) is 1. The molecular formula is C16H21FN2OS. The zero-order valence-electron chi connectivity index (χ0n) is 12.9. The van der Waals surface area contributed by atoms with Gasteiger partial charge in [0.15, 0.2) is 11.6 Å². The van der Waals surface area contributed by atoms with Gasteiger partial charge in [-0.05, 0) is 37.6 Å². The van der Waals surface area contributed by atoms with Gasteiger partial charge in [-0.25, -0.2) is 9.37 Å². The molecule has 0 fully saturated rings. The second-order valence-electron chi connectivity index (χ2n) is 5.37. The van der Waals surface area contributed by atoms with Crippen molar-refractivity contribution in [1.82, 2.24) is 10.3 Å². The van der Waals surface area contributed by atoms with E-state index in [-0.39, 0.29) is 11.6 Å². The van der Waals surface area contributed by atoms with Crippen molar-refractivity contribution in [2.75, 3.05) is 14.2 Å². The number of nitrogens with zero attached hydrogens (tertiary/aromatic N) is 1. The highest BCUT2D eigenvalue weighted by Crippen LogP contribution is 2.32. The third kappa shape index (κ3) is 3.80. The fraction of sp³-hybridized carbons (Fsp3) is 0.438. The molecule has 1 aromatic heterocycles. The quantitative estimate of drug-likeness (QED) is 0.879. The van der Waals surface area contributed by atoms with Crippen molar-refractivity contribution < 1.29 is 9.13 Å². The molecule has 5 heteroatoms. The number of thiazole rings is 1. The van der Waals surface area contributed by atoms with Gasteiger partial charge in [-0.2, -0.15) is 0 Å². The van der Waals surface area contributed by atoms with Gasteiger partial charge in [-0.3, -0.25) is 0 Å². The van der Waals surface area contributed by atoms with Crippen LogP contribution in [0.5, 0.6) is 5.75 Å². The summed E-state index contributed by atoms with van der Waals surface area (Å²) in [6.07, 6.45) is 0.950. The van der Waals surface area contributed by atoms with Gasteiger partial charge in [0, 0.05) is 17.0 Å². The second kappa shape index (κ2) is 7.00. The Hall–Kier alpha value is -1.46. The second-order valence-corrected chi connectivity index (χ2v) is 6.45. The third-order valence-electron chi connectivity index (χ3n) is 3.12. The first-order chi connectivity index (χ1) is 10.0. The standard InChI is InChI=1S/C16H21FN2OS/c1-10(2)7-13-15(9-18-3)21-16(19-13)11-5-6-12(17)14(8-11)20-4/h5-6,8,10,18H,7,9H2,1-4H3. The molecule has 2 rings (SSSR count). The van der Waals surface area contributed by atoms with E-state index >= 15 is 0 Å². The van der Waals surface area contributed by atoms with Gasteiger partial charge in [0.25, 0.3) is 0 Å². The maximum Gasteiger partial charge on any atom is 0.165 e. The Morgan fingerprint density at radius 3 is 2.76 bits per heavy atom. The molecule has 0 amide bonds. The third-order valence-corrected chi connectivity index (χ3v) is 4.26. The van der Waals surface area contributed by atoms with E-state index < -0.39 is 0 Å². The fourth-order valence-corrected chi connectivity index (χ4v) is 3.24.